The Morgan fingerprint density at radius 2 is 1.93 bits per heavy atom. The van der Waals surface area contributed by atoms with E-state index in [4.69, 9.17) is 5.11 Å². The topological polar surface area (TPSA) is 143 Å². The normalized spacial score (nSPS) is 12.5. The number of benzene rings is 1. The molecule has 2 aromatic rings. The largest absolute Gasteiger partial charge is 0.480 e. The highest BCUT2D eigenvalue weighted by atomic mass is 32.2. The summed E-state index contributed by atoms with van der Waals surface area (Å²) in [4.78, 5) is 22.8. The van der Waals surface area contributed by atoms with Crippen LogP contribution in [0, 0.1) is 0 Å². The first-order valence-electron chi connectivity index (χ1n) is 8.22. The predicted molar refractivity (Wildman–Crippen MR) is 95.3 cm³/mol. The lowest BCUT2D eigenvalue weighted by Crippen LogP contribution is -2.32. The molecule has 0 aliphatic rings. The van der Waals surface area contributed by atoms with Crippen molar-refractivity contribution < 1.29 is 23.1 Å². The van der Waals surface area contributed by atoms with E-state index in [0.29, 0.717) is 12.1 Å². The van der Waals surface area contributed by atoms with Gasteiger partial charge in [0.25, 0.3) is 5.91 Å². The van der Waals surface area contributed by atoms with Crippen LogP contribution in [0.2, 0.25) is 0 Å². The van der Waals surface area contributed by atoms with Crippen molar-refractivity contribution >= 4 is 21.9 Å². The van der Waals surface area contributed by atoms with Gasteiger partial charge in [-0.2, -0.15) is 0 Å². The zero-order valence-electron chi connectivity index (χ0n) is 14.9. The number of carboxylic acids is 1. The van der Waals surface area contributed by atoms with Crippen LogP contribution in [0.25, 0.3) is 0 Å². The minimum Gasteiger partial charge on any atom is -0.480 e. The molecule has 1 aromatic heterocycles. The lowest BCUT2D eigenvalue weighted by molar-refractivity contribution is -0.137. The molecule has 10 nitrogen and oxygen atoms in total. The number of carboxylic acid groups (broad SMARTS) is 1. The van der Waals surface area contributed by atoms with E-state index in [2.05, 4.69) is 20.4 Å². The number of hydrogen-bond acceptors (Lipinski definition) is 6. The molecule has 1 atom stereocenters. The van der Waals surface area contributed by atoms with Gasteiger partial charge in [-0.15, -0.1) is 5.10 Å². The molecule has 1 heterocycles. The zero-order chi connectivity index (χ0) is 20.0. The van der Waals surface area contributed by atoms with Crippen molar-refractivity contribution in [1.29, 1.82) is 0 Å². The average Bonchev–Trinajstić information content (AvgIpc) is 3.06. The summed E-state index contributed by atoms with van der Waals surface area (Å²) in [7, 11) is -3.63. The van der Waals surface area contributed by atoms with Gasteiger partial charge in [-0.1, -0.05) is 12.1 Å². The molecule has 0 aliphatic carbocycles. The van der Waals surface area contributed by atoms with Crippen LogP contribution >= 0.6 is 0 Å². The number of carbonyl (C=O) groups excluding carboxylic acids is 1. The van der Waals surface area contributed by atoms with E-state index in [-0.39, 0.29) is 29.6 Å². The van der Waals surface area contributed by atoms with Gasteiger partial charge < -0.3 is 10.4 Å². The molecule has 0 saturated heterocycles. The smallest absolute Gasteiger partial charge is 0.325 e. The molecule has 0 bridgehead atoms. The highest BCUT2D eigenvalue weighted by molar-refractivity contribution is 7.89. The summed E-state index contributed by atoms with van der Waals surface area (Å²) in [5.41, 5.74) is 0.692. The fraction of sp³-hybridized carbons (Fsp3) is 0.375. The van der Waals surface area contributed by atoms with Gasteiger partial charge in [0.1, 0.15) is 12.2 Å². The molecule has 0 aliphatic heterocycles. The maximum Gasteiger partial charge on any atom is 0.325 e. The number of rotatable bonds is 9. The second kappa shape index (κ2) is 8.73. The molecule has 1 unspecified atom stereocenters. The van der Waals surface area contributed by atoms with Gasteiger partial charge in [-0.05, 0) is 37.6 Å². The van der Waals surface area contributed by atoms with Crippen LogP contribution < -0.4 is 10.0 Å². The molecule has 146 valence electrons. The van der Waals surface area contributed by atoms with Crippen LogP contribution in [0.15, 0.2) is 35.4 Å². The number of hydrogen-bond donors (Lipinski definition) is 3. The van der Waals surface area contributed by atoms with Crippen molar-refractivity contribution in [3.05, 3.63) is 41.7 Å². The van der Waals surface area contributed by atoms with Gasteiger partial charge in [0, 0.05) is 11.6 Å². The molecule has 1 amide bonds. The maximum absolute atomic E-state index is 12.2. The average molecular weight is 395 g/mol. The molecular weight excluding hydrogens is 374 g/mol. The summed E-state index contributed by atoms with van der Waals surface area (Å²) in [6, 6.07) is 5.38. The van der Waals surface area contributed by atoms with Crippen LogP contribution in [0.4, 0.5) is 0 Å². The van der Waals surface area contributed by atoms with Crippen molar-refractivity contribution in [1.82, 2.24) is 25.0 Å². The molecular formula is C16H21N5O5S. The van der Waals surface area contributed by atoms with E-state index in [1.54, 1.807) is 6.92 Å². The van der Waals surface area contributed by atoms with E-state index in [1.165, 1.54) is 30.5 Å². The third kappa shape index (κ3) is 5.86. The summed E-state index contributed by atoms with van der Waals surface area (Å²) in [6.07, 6.45) is 2.08. The third-order valence-electron chi connectivity index (χ3n) is 3.71. The minimum absolute atomic E-state index is 0.0636. The monoisotopic (exact) mass is 395 g/mol. The Bertz CT molecular complexity index is 908. The highest BCUT2D eigenvalue weighted by Gasteiger charge is 2.17. The quantitative estimate of drug-likeness (QED) is 0.556. The SMILES string of the molecule is CCC(C)NS(=O)(=O)c1ccc(C(=O)NCc2cn(CC(=O)O)nn2)cc1. The van der Waals surface area contributed by atoms with E-state index >= 15 is 0 Å². The van der Waals surface area contributed by atoms with Crippen molar-refractivity contribution in [2.24, 2.45) is 0 Å². The second-order valence-corrected chi connectivity index (χ2v) is 7.65. The standard InChI is InChI=1S/C16H21N5O5S/c1-3-11(2)19-27(25,26)14-6-4-12(5-7-14)16(24)17-8-13-9-21(20-18-13)10-15(22)23/h4-7,9,11,19H,3,8,10H2,1-2H3,(H,17,24)(H,22,23). The summed E-state index contributed by atoms with van der Waals surface area (Å²) >= 11 is 0. The molecule has 3 N–H and O–H groups in total. The summed E-state index contributed by atoms with van der Waals surface area (Å²) in [5, 5.41) is 18.7. The van der Waals surface area contributed by atoms with Crippen molar-refractivity contribution in [3.63, 3.8) is 0 Å². The summed E-state index contributed by atoms with van der Waals surface area (Å²) < 4.78 is 28.1. The first kappa shape index (κ1) is 20.5. The van der Waals surface area contributed by atoms with Crippen LogP contribution in [0.3, 0.4) is 0 Å². The van der Waals surface area contributed by atoms with Gasteiger partial charge in [-0.25, -0.2) is 17.8 Å². The third-order valence-corrected chi connectivity index (χ3v) is 5.31. The van der Waals surface area contributed by atoms with E-state index in [0.717, 1.165) is 4.68 Å². The van der Waals surface area contributed by atoms with E-state index < -0.39 is 21.9 Å². The second-order valence-electron chi connectivity index (χ2n) is 5.94. The number of nitrogens with zero attached hydrogens (tertiary/aromatic N) is 3. The summed E-state index contributed by atoms with van der Waals surface area (Å²) in [6.45, 7) is 3.39. The fourth-order valence-electron chi connectivity index (χ4n) is 2.11. The van der Waals surface area contributed by atoms with Crippen molar-refractivity contribution in [3.8, 4) is 0 Å². The Hall–Kier alpha value is -2.79. The molecule has 11 heteroatoms. The van der Waals surface area contributed by atoms with Gasteiger partial charge in [-0.3, -0.25) is 9.59 Å². The number of carbonyl (C=O) groups is 2. The fourth-order valence-corrected chi connectivity index (χ4v) is 3.44. The Morgan fingerprint density at radius 1 is 1.26 bits per heavy atom. The lowest BCUT2D eigenvalue weighted by atomic mass is 10.2. The number of sulfonamides is 1. The molecule has 0 fully saturated rings. The van der Waals surface area contributed by atoms with Crippen molar-refractivity contribution in [2.75, 3.05) is 0 Å². The highest BCUT2D eigenvalue weighted by Crippen LogP contribution is 2.12. The van der Waals surface area contributed by atoms with Crippen LogP contribution in [0.5, 0.6) is 0 Å². The van der Waals surface area contributed by atoms with Crippen LogP contribution in [-0.2, 0) is 27.9 Å². The van der Waals surface area contributed by atoms with E-state index in [9.17, 15) is 18.0 Å². The van der Waals surface area contributed by atoms with Gasteiger partial charge in [0.2, 0.25) is 10.0 Å². The minimum atomic E-state index is -3.63. The number of aromatic nitrogens is 3. The van der Waals surface area contributed by atoms with Gasteiger partial charge in [0.15, 0.2) is 0 Å². The number of aliphatic carboxylic acids is 1. The summed E-state index contributed by atoms with van der Waals surface area (Å²) in [5.74, 6) is -1.46. The van der Waals surface area contributed by atoms with Crippen molar-refractivity contribution in [2.45, 2.75) is 44.3 Å². The molecule has 2 rings (SSSR count). The Kier molecular flexibility index (Phi) is 6.64. The first-order chi connectivity index (χ1) is 12.7. The maximum atomic E-state index is 12.2. The lowest BCUT2D eigenvalue weighted by Gasteiger charge is -2.12. The van der Waals surface area contributed by atoms with Gasteiger partial charge >= 0.3 is 5.97 Å². The molecule has 27 heavy (non-hydrogen) atoms. The Labute approximate surface area is 156 Å². The Morgan fingerprint density at radius 3 is 2.52 bits per heavy atom. The van der Waals surface area contributed by atoms with E-state index in [1.807, 2.05) is 6.92 Å². The molecule has 0 spiro atoms. The van der Waals surface area contributed by atoms with Crippen LogP contribution in [-0.4, -0.2) is 46.4 Å². The first-order valence-corrected chi connectivity index (χ1v) is 9.71. The Balaban J connectivity index is 1.97. The zero-order valence-corrected chi connectivity index (χ0v) is 15.7. The van der Waals surface area contributed by atoms with Gasteiger partial charge in [0.05, 0.1) is 17.6 Å². The predicted octanol–water partition coefficient (Wildman–Crippen LogP) is 0.370. The number of amides is 1. The number of nitrogens with one attached hydrogen (secondary N) is 2. The molecule has 1 aromatic carbocycles. The van der Waals surface area contributed by atoms with Crippen LogP contribution in [0.1, 0.15) is 36.3 Å². The molecule has 0 saturated carbocycles. The molecule has 0 radical (unpaired) electrons.